The van der Waals surface area contributed by atoms with E-state index in [0.29, 0.717) is 12.1 Å². The second kappa shape index (κ2) is 6.63. The molecule has 0 atom stereocenters. The van der Waals surface area contributed by atoms with Crippen molar-refractivity contribution in [3.8, 4) is 0 Å². The van der Waals surface area contributed by atoms with Crippen LogP contribution in [-0.4, -0.2) is 27.5 Å². The molecule has 0 saturated heterocycles. The molecule has 0 bridgehead atoms. The van der Waals surface area contributed by atoms with Gasteiger partial charge in [-0.1, -0.05) is 6.07 Å². The second-order valence-electron chi connectivity index (χ2n) is 6.57. The Balaban J connectivity index is 1.42. The van der Waals surface area contributed by atoms with Gasteiger partial charge in [0.1, 0.15) is 5.65 Å². The van der Waals surface area contributed by atoms with Gasteiger partial charge in [0.25, 0.3) is 5.91 Å². The van der Waals surface area contributed by atoms with E-state index in [4.69, 9.17) is 0 Å². The normalized spacial score (nSPS) is 13.9. The summed E-state index contributed by atoms with van der Waals surface area (Å²) in [4.78, 5) is 16.9. The molecule has 2 aromatic heterocycles. The minimum atomic E-state index is -0.105. The second-order valence-corrected chi connectivity index (χ2v) is 6.57. The summed E-state index contributed by atoms with van der Waals surface area (Å²) < 4.78 is 2.02. The van der Waals surface area contributed by atoms with Gasteiger partial charge in [0.2, 0.25) is 0 Å². The Labute approximate surface area is 152 Å². The number of aryl methyl sites for hydroxylation is 1. The van der Waals surface area contributed by atoms with Crippen molar-refractivity contribution in [2.24, 2.45) is 5.10 Å². The Morgan fingerprint density at radius 1 is 1.15 bits per heavy atom. The van der Waals surface area contributed by atoms with Gasteiger partial charge in [-0.15, -0.1) is 0 Å². The third-order valence-electron chi connectivity index (χ3n) is 4.58. The quantitative estimate of drug-likeness (QED) is 0.788. The molecule has 1 aliphatic rings. The number of nitrogens with zero attached hydrogens (tertiary/aromatic N) is 4. The molecule has 26 heavy (non-hydrogen) atoms. The lowest BCUT2D eigenvalue weighted by molar-refractivity contribution is 0.0950. The van der Waals surface area contributed by atoms with Crippen molar-refractivity contribution in [1.29, 1.82) is 0 Å². The van der Waals surface area contributed by atoms with E-state index in [1.807, 2.05) is 71.9 Å². The van der Waals surface area contributed by atoms with Crippen molar-refractivity contribution < 1.29 is 4.79 Å². The summed E-state index contributed by atoms with van der Waals surface area (Å²) in [6.45, 7) is 5.36. The fourth-order valence-corrected chi connectivity index (χ4v) is 3.10. The summed E-state index contributed by atoms with van der Waals surface area (Å²) in [5, 5.41) is 9.38. The van der Waals surface area contributed by atoms with Crippen LogP contribution in [0.15, 0.2) is 53.8 Å². The molecule has 132 valence electrons. The number of fused-ring (bicyclic) bond motifs is 1. The number of carbonyl (C=O) groups excluding carboxylic acids is 1. The van der Waals surface area contributed by atoms with Crippen LogP contribution >= 0.6 is 0 Å². The van der Waals surface area contributed by atoms with E-state index in [9.17, 15) is 4.79 Å². The number of hydrogen-bond donors (Lipinski definition) is 1. The monoisotopic (exact) mass is 347 g/mol. The fraction of sp³-hybridized carbons (Fsp3) is 0.250. The molecule has 6 nitrogen and oxygen atoms in total. The van der Waals surface area contributed by atoms with Gasteiger partial charge in [-0.05, 0) is 50.2 Å². The molecule has 0 aliphatic carbocycles. The fourth-order valence-electron chi connectivity index (χ4n) is 3.10. The standard InChI is InChI=1S/C20H21N5O/c1-14-10-11-25(23-14)18-8-6-16(7-9-18)20(26)21-12-17-13-24-15(2)4-3-5-19(24)22-17/h3-9,13H,10-12H2,1-2H3,(H,21,26). The molecule has 1 aromatic carbocycles. The minimum Gasteiger partial charge on any atom is -0.346 e. The summed E-state index contributed by atoms with van der Waals surface area (Å²) in [7, 11) is 0. The molecule has 0 saturated carbocycles. The van der Waals surface area contributed by atoms with Gasteiger partial charge in [0.15, 0.2) is 0 Å². The predicted molar refractivity (Wildman–Crippen MR) is 103 cm³/mol. The van der Waals surface area contributed by atoms with Gasteiger partial charge in [-0.2, -0.15) is 5.10 Å². The molecule has 3 heterocycles. The predicted octanol–water partition coefficient (Wildman–Crippen LogP) is 3.16. The Bertz CT molecular complexity index is 987. The molecule has 6 heteroatoms. The molecule has 3 aromatic rings. The molecule has 0 fully saturated rings. The summed E-state index contributed by atoms with van der Waals surface area (Å²) in [5.41, 5.74) is 5.62. The molecule has 1 N–H and O–H groups in total. The number of benzene rings is 1. The molecule has 4 rings (SSSR count). The van der Waals surface area contributed by atoms with Crippen molar-refractivity contribution in [1.82, 2.24) is 14.7 Å². The van der Waals surface area contributed by atoms with Crippen LogP contribution in [0.25, 0.3) is 5.65 Å². The van der Waals surface area contributed by atoms with Crippen LogP contribution < -0.4 is 10.3 Å². The first-order valence-corrected chi connectivity index (χ1v) is 8.73. The van der Waals surface area contributed by atoms with E-state index in [1.165, 1.54) is 0 Å². The smallest absolute Gasteiger partial charge is 0.251 e. The van der Waals surface area contributed by atoms with Crippen molar-refractivity contribution >= 4 is 23.0 Å². The van der Waals surface area contributed by atoms with Gasteiger partial charge in [0.05, 0.1) is 17.9 Å². The van der Waals surface area contributed by atoms with Crippen LogP contribution in [0.5, 0.6) is 0 Å². The summed E-state index contributed by atoms with van der Waals surface area (Å²) >= 11 is 0. The first kappa shape index (κ1) is 16.3. The SMILES string of the molecule is CC1=NN(c2ccc(C(=O)NCc3cn4c(C)cccc4n3)cc2)CC1. The number of aromatic nitrogens is 2. The van der Waals surface area contributed by atoms with E-state index in [0.717, 1.165) is 41.4 Å². The van der Waals surface area contributed by atoms with Crippen LogP contribution in [0, 0.1) is 6.92 Å². The lowest BCUT2D eigenvalue weighted by atomic mass is 10.2. The maximum absolute atomic E-state index is 12.4. The van der Waals surface area contributed by atoms with E-state index < -0.39 is 0 Å². The molecule has 0 spiro atoms. The number of carbonyl (C=O) groups is 1. The van der Waals surface area contributed by atoms with E-state index in [1.54, 1.807) is 0 Å². The van der Waals surface area contributed by atoms with Gasteiger partial charge in [-0.3, -0.25) is 9.80 Å². The number of rotatable bonds is 4. The largest absolute Gasteiger partial charge is 0.346 e. The number of nitrogens with one attached hydrogen (secondary N) is 1. The first-order valence-electron chi connectivity index (χ1n) is 8.73. The number of pyridine rings is 1. The highest BCUT2D eigenvalue weighted by Crippen LogP contribution is 2.20. The van der Waals surface area contributed by atoms with Gasteiger partial charge >= 0.3 is 0 Å². The van der Waals surface area contributed by atoms with Crippen LogP contribution in [0.2, 0.25) is 0 Å². The van der Waals surface area contributed by atoms with Crippen molar-refractivity contribution in [3.05, 3.63) is 65.6 Å². The highest BCUT2D eigenvalue weighted by Gasteiger charge is 2.13. The zero-order chi connectivity index (χ0) is 18.1. The lowest BCUT2D eigenvalue weighted by Gasteiger charge is -2.13. The topological polar surface area (TPSA) is 62.0 Å². The van der Waals surface area contributed by atoms with Gasteiger partial charge in [-0.25, -0.2) is 4.98 Å². The molecule has 1 aliphatic heterocycles. The number of hydrazone groups is 1. The summed E-state index contributed by atoms with van der Waals surface area (Å²) in [6.07, 6.45) is 2.95. The van der Waals surface area contributed by atoms with Crippen LogP contribution in [0.3, 0.4) is 0 Å². The van der Waals surface area contributed by atoms with E-state index >= 15 is 0 Å². The van der Waals surface area contributed by atoms with Crippen LogP contribution in [0.4, 0.5) is 5.69 Å². The third kappa shape index (κ3) is 3.18. The van der Waals surface area contributed by atoms with Gasteiger partial charge in [0, 0.05) is 36.1 Å². The molecule has 0 radical (unpaired) electrons. The Morgan fingerprint density at radius 2 is 1.96 bits per heavy atom. The molecular weight excluding hydrogens is 326 g/mol. The number of amides is 1. The average Bonchev–Trinajstić information content (AvgIpc) is 3.27. The van der Waals surface area contributed by atoms with Gasteiger partial charge < -0.3 is 9.72 Å². The zero-order valence-corrected chi connectivity index (χ0v) is 14.9. The van der Waals surface area contributed by atoms with E-state index in [2.05, 4.69) is 15.4 Å². The number of imidazole rings is 1. The van der Waals surface area contributed by atoms with Crippen LogP contribution in [-0.2, 0) is 6.54 Å². The van der Waals surface area contributed by atoms with Crippen molar-refractivity contribution in [2.45, 2.75) is 26.8 Å². The average molecular weight is 347 g/mol. The molecular formula is C20H21N5O. The Kier molecular flexibility index (Phi) is 4.16. The highest BCUT2D eigenvalue weighted by molar-refractivity contribution is 5.94. The number of anilines is 1. The first-order chi connectivity index (χ1) is 12.6. The maximum atomic E-state index is 12.4. The summed E-state index contributed by atoms with van der Waals surface area (Å²) in [5.74, 6) is -0.105. The molecule has 1 amide bonds. The lowest BCUT2D eigenvalue weighted by Crippen LogP contribution is -2.23. The zero-order valence-electron chi connectivity index (χ0n) is 14.9. The maximum Gasteiger partial charge on any atom is 0.251 e. The summed E-state index contributed by atoms with van der Waals surface area (Å²) in [6, 6.07) is 13.5. The number of hydrogen-bond acceptors (Lipinski definition) is 4. The van der Waals surface area contributed by atoms with Crippen molar-refractivity contribution in [3.63, 3.8) is 0 Å². The van der Waals surface area contributed by atoms with Crippen LogP contribution in [0.1, 0.15) is 35.1 Å². The molecule has 0 unspecified atom stereocenters. The Hall–Kier alpha value is -3.15. The third-order valence-corrected chi connectivity index (χ3v) is 4.58. The minimum absolute atomic E-state index is 0.105. The highest BCUT2D eigenvalue weighted by atomic mass is 16.1. The van der Waals surface area contributed by atoms with E-state index in [-0.39, 0.29) is 5.91 Å². The van der Waals surface area contributed by atoms with Crippen molar-refractivity contribution in [2.75, 3.05) is 11.6 Å². The Morgan fingerprint density at radius 3 is 2.65 bits per heavy atom.